The summed E-state index contributed by atoms with van der Waals surface area (Å²) in [7, 11) is 0. The van der Waals surface area contributed by atoms with E-state index in [4.69, 9.17) is 28.4 Å². The summed E-state index contributed by atoms with van der Waals surface area (Å²) in [4.78, 5) is 48.6. The molecule has 0 aromatic heterocycles. The maximum atomic E-state index is 12.9. The van der Waals surface area contributed by atoms with Crippen LogP contribution in [0.25, 0.3) is 0 Å². The lowest BCUT2D eigenvalue weighted by molar-refractivity contribution is -0.382. The lowest BCUT2D eigenvalue weighted by Crippen LogP contribution is -2.71. The second-order valence-corrected chi connectivity index (χ2v) is 11.8. The molecule has 2 amide bonds. The minimum absolute atomic E-state index is 0.701. The van der Waals surface area contributed by atoms with Crippen molar-refractivity contribution in [1.29, 1.82) is 0 Å². The van der Waals surface area contributed by atoms with Crippen LogP contribution >= 0.6 is 0 Å². The number of aliphatic hydroxyl groups is 9. The zero-order valence-corrected chi connectivity index (χ0v) is 26.5. The van der Waals surface area contributed by atoms with Crippen molar-refractivity contribution in [2.45, 2.75) is 125 Å². The van der Waals surface area contributed by atoms with Gasteiger partial charge in [-0.15, -0.1) is 0 Å². The smallest absolute Gasteiger partial charge is 0.364 e. The Morgan fingerprint density at radius 1 is 0.837 bits per heavy atom. The average Bonchev–Trinajstić information content (AvgIpc) is 3.03. The molecule has 0 unspecified atom stereocenters. The quantitative estimate of drug-likeness (QED) is 0.0787. The van der Waals surface area contributed by atoms with Crippen molar-refractivity contribution >= 4 is 23.8 Å². The van der Waals surface area contributed by atoms with Crippen LogP contribution in [-0.4, -0.2) is 192 Å². The van der Waals surface area contributed by atoms with Gasteiger partial charge in [0, 0.05) is 20.8 Å². The minimum Gasteiger partial charge on any atom is -0.477 e. The maximum absolute atomic E-state index is 12.9. The Morgan fingerprint density at radius 2 is 1.43 bits per heavy atom. The minimum atomic E-state index is -3.08. The van der Waals surface area contributed by atoms with E-state index in [0.717, 1.165) is 20.8 Å². The number of carboxylic acid groups (broad SMARTS) is 1. The molecule has 3 rings (SSSR count). The van der Waals surface area contributed by atoms with Crippen LogP contribution in [0.3, 0.4) is 0 Å². The number of esters is 1. The molecular weight excluding hydrogens is 672 g/mol. The van der Waals surface area contributed by atoms with Crippen LogP contribution in [0.4, 0.5) is 0 Å². The molecule has 3 heterocycles. The van der Waals surface area contributed by atoms with Gasteiger partial charge in [0.25, 0.3) is 5.79 Å². The summed E-state index contributed by atoms with van der Waals surface area (Å²) < 4.78 is 32.9. The van der Waals surface area contributed by atoms with Gasteiger partial charge in [0.05, 0.1) is 32.3 Å². The summed E-state index contributed by atoms with van der Waals surface area (Å²) >= 11 is 0. The van der Waals surface area contributed by atoms with Crippen molar-refractivity contribution in [3.05, 3.63) is 0 Å². The molecule has 0 aromatic rings. The number of aliphatic carboxylic acids is 1. The number of hydrogen-bond acceptors (Lipinski definition) is 19. The molecule has 22 nitrogen and oxygen atoms in total. The SMILES string of the molecule is CC(=O)N[C@@H]1[C@@H](O)[C@H](O[C@@H]2O[C@H](CO)[C@H](O)[C@H](O[C@]3(C(=O)O)C[C@H](OC(C)=O)[C@@H](NC(C)=O)[C@H]([C@H](O)[C@H](O)CO)O3)[C@H]2O)[C@@H](CO)O[C@H]1O. The van der Waals surface area contributed by atoms with Crippen molar-refractivity contribution in [2.75, 3.05) is 19.8 Å². The number of rotatable bonds is 13. The highest BCUT2D eigenvalue weighted by Crippen LogP contribution is 2.39. The number of hydrogen-bond donors (Lipinski definition) is 12. The monoisotopic (exact) mass is 716 g/mol. The van der Waals surface area contributed by atoms with Gasteiger partial charge in [0.2, 0.25) is 11.8 Å². The van der Waals surface area contributed by atoms with Crippen molar-refractivity contribution < 1.29 is 98.7 Å². The van der Waals surface area contributed by atoms with E-state index in [1.54, 1.807) is 0 Å². The van der Waals surface area contributed by atoms with Gasteiger partial charge >= 0.3 is 11.9 Å². The first kappa shape index (κ1) is 40.7. The van der Waals surface area contributed by atoms with E-state index in [9.17, 15) is 70.2 Å². The molecule has 3 saturated heterocycles. The van der Waals surface area contributed by atoms with E-state index in [2.05, 4.69) is 10.6 Å². The molecule has 282 valence electrons. The fraction of sp³-hybridized carbons (Fsp3) is 0.852. The molecule has 0 radical (unpaired) electrons. The van der Waals surface area contributed by atoms with Gasteiger partial charge < -0.3 is 90.1 Å². The Hall–Kier alpha value is -2.68. The molecule has 16 atom stereocenters. The van der Waals surface area contributed by atoms with Crippen LogP contribution in [0.2, 0.25) is 0 Å². The van der Waals surface area contributed by atoms with Gasteiger partial charge in [-0.1, -0.05) is 0 Å². The molecule has 0 aliphatic carbocycles. The fourth-order valence-corrected chi connectivity index (χ4v) is 5.88. The third-order valence-electron chi connectivity index (χ3n) is 8.16. The standard InChI is InChI=1S/C27H44N2O20/c1-8(33)28-15-12(44-10(3)35)4-27(26(42)43,48-22(15)17(37)11(36)5-30)49-23-18(38)13(6-31)46-25(20(23)40)47-21-14(7-32)45-24(41)16(19(21)39)29-9(2)34/h11-25,30-32,36-41H,4-7H2,1-3H3,(H,28,33)(H,29,34)(H,42,43)/t11-,12+,13-,14-,15-,16-,17-,18+,19-,20-,21-,22-,23+,24-,25+,27+/m1/s1. The van der Waals surface area contributed by atoms with E-state index in [0.29, 0.717) is 0 Å². The Bertz CT molecular complexity index is 1160. The molecule has 3 aliphatic heterocycles. The van der Waals surface area contributed by atoms with Gasteiger partial charge in [0.15, 0.2) is 12.6 Å². The van der Waals surface area contributed by atoms with Gasteiger partial charge in [0.1, 0.15) is 73.2 Å². The normalized spacial score (nSPS) is 40.9. The van der Waals surface area contributed by atoms with E-state index in [1.807, 2.05) is 0 Å². The molecule has 0 aromatic carbocycles. The Labute approximate surface area is 278 Å². The largest absolute Gasteiger partial charge is 0.477 e. The van der Waals surface area contributed by atoms with Crippen molar-refractivity contribution in [3.8, 4) is 0 Å². The number of ether oxygens (including phenoxy) is 6. The summed E-state index contributed by atoms with van der Waals surface area (Å²) in [5, 5.41) is 109. The van der Waals surface area contributed by atoms with Crippen LogP contribution in [0, 0.1) is 0 Å². The van der Waals surface area contributed by atoms with Crippen molar-refractivity contribution in [1.82, 2.24) is 10.6 Å². The van der Waals surface area contributed by atoms with Crippen LogP contribution in [-0.2, 0) is 47.6 Å². The summed E-state index contributed by atoms with van der Waals surface area (Å²) in [5.74, 6) is -7.53. The predicted octanol–water partition coefficient (Wildman–Crippen LogP) is -7.51. The van der Waals surface area contributed by atoms with Gasteiger partial charge in [-0.25, -0.2) is 4.79 Å². The summed E-state index contributed by atoms with van der Waals surface area (Å²) in [6.45, 7) is 0.0842. The van der Waals surface area contributed by atoms with E-state index >= 15 is 0 Å². The first-order chi connectivity index (χ1) is 22.9. The number of carbonyl (C=O) groups excluding carboxylic acids is 3. The second-order valence-electron chi connectivity index (χ2n) is 11.8. The number of aliphatic hydroxyl groups excluding tert-OH is 9. The highest BCUT2D eigenvalue weighted by atomic mass is 16.8. The third kappa shape index (κ3) is 9.17. The van der Waals surface area contributed by atoms with Gasteiger partial charge in [-0.2, -0.15) is 0 Å². The van der Waals surface area contributed by atoms with E-state index in [-0.39, 0.29) is 0 Å². The average molecular weight is 717 g/mol. The molecule has 3 fully saturated rings. The van der Waals surface area contributed by atoms with Crippen LogP contribution in [0.5, 0.6) is 0 Å². The van der Waals surface area contributed by atoms with Crippen LogP contribution in [0.15, 0.2) is 0 Å². The molecule has 49 heavy (non-hydrogen) atoms. The topological polar surface area (TPSA) is 350 Å². The molecular formula is C27H44N2O20. The lowest BCUT2D eigenvalue weighted by Gasteiger charge is -2.51. The molecule has 0 bridgehead atoms. The predicted molar refractivity (Wildman–Crippen MR) is 151 cm³/mol. The third-order valence-corrected chi connectivity index (χ3v) is 8.16. The second kappa shape index (κ2) is 17.0. The number of carboxylic acids is 1. The van der Waals surface area contributed by atoms with E-state index in [1.165, 1.54) is 0 Å². The summed E-state index contributed by atoms with van der Waals surface area (Å²) in [6, 6.07) is -3.06. The van der Waals surface area contributed by atoms with Crippen molar-refractivity contribution in [2.24, 2.45) is 0 Å². The molecule has 12 N–H and O–H groups in total. The zero-order valence-electron chi connectivity index (χ0n) is 26.5. The molecule has 0 spiro atoms. The van der Waals surface area contributed by atoms with E-state index < -0.39 is 148 Å². The summed E-state index contributed by atoms with van der Waals surface area (Å²) in [5.41, 5.74) is 0. The van der Waals surface area contributed by atoms with Gasteiger partial charge in [-0.3, -0.25) is 14.4 Å². The lowest BCUT2D eigenvalue weighted by atomic mass is 9.87. The zero-order chi connectivity index (χ0) is 37.0. The highest BCUT2D eigenvalue weighted by Gasteiger charge is 2.61. The Kier molecular flexibility index (Phi) is 14.2. The van der Waals surface area contributed by atoms with Crippen molar-refractivity contribution in [3.63, 3.8) is 0 Å². The Balaban J connectivity index is 2.02. The number of carbonyl (C=O) groups is 4. The number of amides is 2. The fourth-order valence-electron chi connectivity index (χ4n) is 5.88. The highest BCUT2D eigenvalue weighted by molar-refractivity contribution is 5.77. The number of nitrogens with one attached hydrogen (secondary N) is 2. The first-order valence-corrected chi connectivity index (χ1v) is 15.1. The molecule has 22 heteroatoms. The van der Waals surface area contributed by atoms with Crippen LogP contribution < -0.4 is 10.6 Å². The van der Waals surface area contributed by atoms with Crippen LogP contribution in [0.1, 0.15) is 27.2 Å². The maximum Gasteiger partial charge on any atom is 0.364 e. The van der Waals surface area contributed by atoms with Gasteiger partial charge in [-0.05, 0) is 0 Å². The molecule has 3 aliphatic rings. The Morgan fingerprint density at radius 3 is 1.94 bits per heavy atom. The summed E-state index contributed by atoms with van der Waals surface area (Å²) in [6.07, 6.45) is -25.8. The first-order valence-electron chi connectivity index (χ1n) is 15.1. The molecule has 0 saturated carbocycles.